The Labute approximate surface area is 142 Å². The van der Waals surface area contributed by atoms with Gasteiger partial charge in [-0.05, 0) is 31.9 Å². The van der Waals surface area contributed by atoms with E-state index >= 15 is 0 Å². The number of nitrogens with zero attached hydrogens (tertiary/aromatic N) is 3. The number of likely N-dealkylation sites (N-methyl/N-ethyl adjacent to an activating group) is 1. The first-order valence-electron chi connectivity index (χ1n) is 8.48. The third-order valence-electron chi connectivity index (χ3n) is 4.68. The van der Waals surface area contributed by atoms with Crippen molar-refractivity contribution in [1.29, 1.82) is 0 Å². The highest BCUT2D eigenvalue weighted by Crippen LogP contribution is 2.22. The minimum absolute atomic E-state index is 0.0564. The van der Waals surface area contributed by atoms with Gasteiger partial charge in [-0.25, -0.2) is 4.98 Å². The van der Waals surface area contributed by atoms with Crippen LogP contribution in [0, 0.1) is 0 Å². The van der Waals surface area contributed by atoms with E-state index in [1.54, 1.807) is 19.0 Å². The second-order valence-corrected chi connectivity index (χ2v) is 6.70. The lowest BCUT2D eigenvalue weighted by Gasteiger charge is -2.19. The molecule has 130 valence electrons. The number of carbonyl (C=O) groups excluding carboxylic acids is 1. The molecule has 1 aliphatic heterocycles. The van der Waals surface area contributed by atoms with E-state index in [2.05, 4.69) is 22.9 Å². The third kappa shape index (κ3) is 3.30. The molecule has 3 atom stereocenters. The van der Waals surface area contributed by atoms with Crippen LogP contribution in [0.1, 0.15) is 31.6 Å². The van der Waals surface area contributed by atoms with Crippen molar-refractivity contribution in [2.75, 3.05) is 20.6 Å². The summed E-state index contributed by atoms with van der Waals surface area (Å²) in [5, 5.41) is 3.50. The lowest BCUT2D eigenvalue weighted by atomic mass is 10.1. The summed E-state index contributed by atoms with van der Waals surface area (Å²) in [6, 6.07) is 8.26. The summed E-state index contributed by atoms with van der Waals surface area (Å²) < 4.78 is 8.00. The Morgan fingerprint density at radius 1 is 1.42 bits per heavy atom. The van der Waals surface area contributed by atoms with Gasteiger partial charge in [0.2, 0.25) is 0 Å². The summed E-state index contributed by atoms with van der Waals surface area (Å²) in [4.78, 5) is 18.3. The lowest BCUT2D eigenvalue weighted by Crippen LogP contribution is -2.35. The fourth-order valence-corrected chi connectivity index (χ4v) is 3.28. The number of fused-ring (bicyclic) bond motifs is 1. The molecule has 3 rings (SSSR count). The van der Waals surface area contributed by atoms with Crippen LogP contribution < -0.4 is 5.32 Å². The van der Waals surface area contributed by atoms with Gasteiger partial charge in [-0.15, -0.1) is 0 Å². The zero-order valence-electron chi connectivity index (χ0n) is 14.8. The normalized spacial score (nSPS) is 22.0. The first-order valence-corrected chi connectivity index (χ1v) is 8.48. The molecule has 1 amide bonds. The van der Waals surface area contributed by atoms with E-state index in [1.165, 1.54) is 0 Å². The summed E-state index contributed by atoms with van der Waals surface area (Å²) in [5.41, 5.74) is 2.15. The fourth-order valence-electron chi connectivity index (χ4n) is 3.28. The van der Waals surface area contributed by atoms with Gasteiger partial charge in [-0.3, -0.25) is 4.79 Å². The maximum atomic E-state index is 12.0. The molecular formula is C18H26N4O2. The molecule has 1 saturated heterocycles. The van der Waals surface area contributed by atoms with Gasteiger partial charge in [0.05, 0.1) is 23.2 Å². The molecule has 24 heavy (non-hydrogen) atoms. The number of rotatable bonds is 5. The maximum Gasteiger partial charge on any atom is 0.251 e. The van der Waals surface area contributed by atoms with Gasteiger partial charge in [0.25, 0.3) is 5.91 Å². The molecule has 0 saturated carbocycles. The summed E-state index contributed by atoms with van der Waals surface area (Å²) >= 11 is 0. The Bertz CT molecular complexity index is 725. The number of aryl methyl sites for hydroxylation is 1. The highest BCUT2D eigenvalue weighted by atomic mass is 16.5. The smallest absolute Gasteiger partial charge is 0.251 e. The second kappa shape index (κ2) is 6.91. The predicted octanol–water partition coefficient (Wildman–Crippen LogP) is 1.86. The number of nitrogens with one attached hydrogen (secondary N) is 1. The van der Waals surface area contributed by atoms with E-state index in [0.717, 1.165) is 36.2 Å². The van der Waals surface area contributed by atoms with E-state index in [9.17, 15) is 4.79 Å². The van der Waals surface area contributed by atoms with Gasteiger partial charge in [-0.1, -0.05) is 12.1 Å². The number of hydrogen-bond donors (Lipinski definition) is 1. The Morgan fingerprint density at radius 2 is 2.17 bits per heavy atom. The molecule has 2 aromatic rings. The average molecular weight is 330 g/mol. The standard InChI is InChI=1S/C18H26N4O2/c1-12(17-20-14-7-5-6-8-15(14)22(17)4)19-11-13-9-10-16(24-13)18(23)21(2)3/h5-8,12-13,16,19H,9-11H2,1-4H3/t12-,13-,16-/m0/s1. The fraction of sp³-hybridized carbons (Fsp3) is 0.556. The van der Waals surface area contributed by atoms with Crippen LogP contribution in [0.5, 0.6) is 0 Å². The number of carbonyl (C=O) groups is 1. The van der Waals surface area contributed by atoms with Crippen molar-refractivity contribution in [2.45, 2.75) is 38.0 Å². The van der Waals surface area contributed by atoms with E-state index in [0.29, 0.717) is 0 Å². The molecule has 6 nitrogen and oxygen atoms in total. The van der Waals surface area contributed by atoms with Crippen LogP contribution in [0.15, 0.2) is 24.3 Å². The number of para-hydroxylation sites is 2. The van der Waals surface area contributed by atoms with Gasteiger partial charge in [0.1, 0.15) is 11.9 Å². The van der Waals surface area contributed by atoms with Crippen LogP contribution in [0.4, 0.5) is 0 Å². The monoisotopic (exact) mass is 330 g/mol. The molecule has 0 unspecified atom stereocenters. The topological polar surface area (TPSA) is 59.4 Å². The van der Waals surface area contributed by atoms with Crippen LogP contribution >= 0.6 is 0 Å². The van der Waals surface area contributed by atoms with Gasteiger partial charge in [0.15, 0.2) is 0 Å². The number of imidazole rings is 1. The van der Waals surface area contributed by atoms with Crippen LogP contribution in [0.25, 0.3) is 11.0 Å². The molecular weight excluding hydrogens is 304 g/mol. The predicted molar refractivity (Wildman–Crippen MR) is 93.7 cm³/mol. The number of benzene rings is 1. The first-order chi connectivity index (χ1) is 11.5. The molecule has 0 spiro atoms. The average Bonchev–Trinajstić information content (AvgIpc) is 3.17. The van der Waals surface area contributed by atoms with Gasteiger partial charge < -0.3 is 19.5 Å². The van der Waals surface area contributed by atoms with Crippen molar-refractivity contribution in [3.05, 3.63) is 30.1 Å². The zero-order chi connectivity index (χ0) is 17.3. The minimum atomic E-state index is -0.294. The Kier molecular flexibility index (Phi) is 4.87. The van der Waals surface area contributed by atoms with Crippen LogP contribution in [-0.2, 0) is 16.6 Å². The largest absolute Gasteiger partial charge is 0.364 e. The molecule has 2 heterocycles. The van der Waals surface area contributed by atoms with Gasteiger partial charge in [0, 0.05) is 27.7 Å². The zero-order valence-corrected chi connectivity index (χ0v) is 14.8. The van der Waals surface area contributed by atoms with Crippen molar-refractivity contribution in [1.82, 2.24) is 19.8 Å². The van der Waals surface area contributed by atoms with E-state index in [4.69, 9.17) is 9.72 Å². The van der Waals surface area contributed by atoms with Crippen molar-refractivity contribution in [3.8, 4) is 0 Å². The van der Waals surface area contributed by atoms with Gasteiger partial charge >= 0.3 is 0 Å². The summed E-state index contributed by atoms with van der Waals surface area (Å²) in [5.74, 6) is 1.07. The van der Waals surface area contributed by atoms with Crippen molar-refractivity contribution >= 4 is 16.9 Å². The summed E-state index contributed by atoms with van der Waals surface area (Å²) in [6.45, 7) is 2.83. The molecule has 6 heteroatoms. The highest BCUT2D eigenvalue weighted by Gasteiger charge is 2.31. The summed E-state index contributed by atoms with van der Waals surface area (Å²) in [6.07, 6.45) is 1.49. The number of ether oxygens (including phenoxy) is 1. The quantitative estimate of drug-likeness (QED) is 0.909. The van der Waals surface area contributed by atoms with Crippen LogP contribution in [-0.4, -0.2) is 53.2 Å². The van der Waals surface area contributed by atoms with E-state index < -0.39 is 0 Å². The molecule has 1 N–H and O–H groups in total. The molecule has 0 bridgehead atoms. The SMILES string of the molecule is C[C@H](NC[C@@H]1CC[C@@H](C(=O)N(C)C)O1)c1nc2ccccc2n1C. The second-order valence-electron chi connectivity index (χ2n) is 6.70. The van der Waals surface area contributed by atoms with Crippen molar-refractivity contribution in [2.24, 2.45) is 7.05 Å². The Balaban J connectivity index is 1.59. The number of amides is 1. The van der Waals surface area contributed by atoms with E-state index in [-0.39, 0.29) is 24.2 Å². The molecule has 1 aromatic carbocycles. The molecule has 1 fully saturated rings. The van der Waals surface area contributed by atoms with Crippen molar-refractivity contribution in [3.63, 3.8) is 0 Å². The van der Waals surface area contributed by atoms with E-state index in [1.807, 2.05) is 25.2 Å². The maximum absolute atomic E-state index is 12.0. The van der Waals surface area contributed by atoms with Crippen molar-refractivity contribution < 1.29 is 9.53 Å². The molecule has 0 aliphatic carbocycles. The first kappa shape index (κ1) is 16.9. The Hall–Kier alpha value is -1.92. The van der Waals surface area contributed by atoms with Crippen LogP contribution in [0.2, 0.25) is 0 Å². The minimum Gasteiger partial charge on any atom is -0.364 e. The molecule has 0 radical (unpaired) electrons. The van der Waals surface area contributed by atoms with Gasteiger partial charge in [-0.2, -0.15) is 0 Å². The van der Waals surface area contributed by atoms with Crippen LogP contribution in [0.3, 0.4) is 0 Å². The number of aromatic nitrogens is 2. The lowest BCUT2D eigenvalue weighted by molar-refractivity contribution is -0.140. The molecule has 1 aromatic heterocycles. The highest BCUT2D eigenvalue weighted by molar-refractivity contribution is 5.80. The third-order valence-corrected chi connectivity index (χ3v) is 4.68. The summed E-state index contributed by atoms with van der Waals surface area (Å²) in [7, 11) is 5.58. The Morgan fingerprint density at radius 3 is 2.88 bits per heavy atom. The number of hydrogen-bond acceptors (Lipinski definition) is 4. The molecule has 1 aliphatic rings.